The molecule has 0 saturated carbocycles. The first-order chi connectivity index (χ1) is 9.55. The Kier molecular flexibility index (Phi) is 5.93. The van der Waals surface area contributed by atoms with Gasteiger partial charge in [0.1, 0.15) is 0 Å². The number of benzene rings is 1. The number of ketones is 1. The molecule has 5 heteroatoms. The molecule has 0 spiro atoms. The third-order valence-corrected chi connectivity index (χ3v) is 5.07. The highest BCUT2D eigenvalue weighted by molar-refractivity contribution is 8.69. The van der Waals surface area contributed by atoms with Gasteiger partial charge in [-0.1, -0.05) is 31.6 Å². The standard InChI is InChI=1S/C16H23NO2S2/c1-15(2,3)14(19)11-6-8-12(9-7-11)17-13(18)10-16(4,5)21-20/h6-9,20H,10H2,1-5H3,(H,17,18). The van der Waals surface area contributed by atoms with Gasteiger partial charge in [0.25, 0.3) is 0 Å². The van der Waals surface area contributed by atoms with E-state index in [1.54, 1.807) is 24.3 Å². The number of carbonyl (C=O) groups is 2. The summed E-state index contributed by atoms with van der Waals surface area (Å²) in [4.78, 5) is 24.1. The van der Waals surface area contributed by atoms with Crippen molar-refractivity contribution in [2.75, 3.05) is 5.32 Å². The van der Waals surface area contributed by atoms with Crippen LogP contribution in [0.2, 0.25) is 0 Å². The van der Waals surface area contributed by atoms with Crippen molar-refractivity contribution in [1.29, 1.82) is 0 Å². The molecule has 0 radical (unpaired) electrons. The molecular weight excluding hydrogens is 302 g/mol. The molecule has 3 nitrogen and oxygen atoms in total. The topological polar surface area (TPSA) is 46.2 Å². The second kappa shape index (κ2) is 6.88. The van der Waals surface area contributed by atoms with E-state index in [0.717, 1.165) is 0 Å². The molecule has 0 saturated heterocycles. The fraction of sp³-hybridized carbons (Fsp3) is 0.500. The van der Waals surface area contributed by atoms with Gasteiger partial charge in [-0.3, -0.25) is 9.59 Å². The molecule has 0 fully saturated rings. The molecule has 0 aromatic heterocycles. The van der Waals surface area contributed by atoms with Gasteiger partial charge in [0.05, 0.1) is 0 Å². The molecule has 0 aliphatic heterocycles. The lowest BCUT2D eigenvalue weighted by Gasteiger charge is -2.20. The Hall–Kier alpha value is -0.940. The van der Waals surface area contributed by atoms with Crippen LogP contribution in [0.3, 0.4) is 0 Å². The smallest absolute Gasteiger partial charge is 0.225 e. The zero-order chi connectivity index (χ0) is 16.3. The molecule has 0 aliphatic carbocycles. The Bertz CT molecular complexity index is 516. The van der Waals surface area contributed by atoms with Crippen LogP contribution in [-0.4, -0.2) is 16.4 Å². The van der Waals surface area contributed by atoms with E-state index in [1.165, 1.54) is 10.8 Å². The maximum atomic E-state index is 12.1. The fourth-order valence-electron chi connectivity index (χ4n) is 1.76. The lowest BCUT2D eigenvalue weighted by atomic mass is 9.86. The van der Waals surface area contributed by atoms with Crippen LogP contribution in [0.1, 0.15) is 51.4 Å². The van der Waals surface area contributed by atoms with Crippen molar-refractivity contribution in [3.05, 3.63) is 29.8 Å². The Morgan fingerprint density at radius 1 is 1.10 bits per heavy atom. The van der Waals surface area contributed by atoms with Gasteiger partial charge in [-0.25, -0.2) is 0 Å². The molecular formula is C16H23NO2S2. The molecule has 0 aliphatic rings. The summed E-state index contributed by atoms with van der Waals surface area (Å²) in [6.07, 6.45) is 0.379. The minimum atomic E-state index is -0.404. The van der Waals surface area contributed by atoms with Crippen LogP contribution in [0.5, 0.6) is 0 Å². The van der Waals surface area contributed by atoms with E-state index in [2.05, 4.69) is 17.0 Å². The molecule has 1 aromatic carbocycles. The first-order valence-corrected chi connectivity index (χ1v) is 8.69. The normalized spacial score (nSPS) is 12.1. The third kappa shape index (κ3) is 5.75. The summed E-state index contributed by atoms with van der Waals surface area (Å²) in [7, 11) is 1.36. The van der Waals surface area contributed by atoms with Crippen LogP contribution in [0.4, 0.5) is 5.69 Å². The molecule has 0 atom stereocenters. The molecule has 1 rings (SSSR count). The predicted molar refractivity (Wildman–Crippen MR) is 94.1 cm³/mol. The van der Waals surface area contributed by atoms with E-state index in [4.69, 9.17) is 0 Å². The van der Waals surface area contributed by atoms with Gasteiger partial charge in [-0.2, -0.15) is 0 Å². The van der Waals surface area contributed by atoms with Crippen molar-refractivity contribution in [3.8, 4) is 0 Å². The van der Waals surface area contributed by atoms with Gasteiger partial charge >= 0.3 is 0 Å². The predicted octanol–water partition coefficient (Wildman–Crippen LogP) is 4.60. The van der Waals surface area contributed by atoms with E-state index >= 15 is 0 Å². The highest BCUT2D eigenvalue weighted by atomic mass is 33.1. The lowest BCUT2D eigenvalue weighted by Crippen LogP contribution is -2.24. The van der Waals surface area contributed by atoms with Crippen LogP contribution < -0.4 is 5.32 Å². The van der Waals surface area contributed by atoms with Crippen molar-refractivity contribution in [3.63, 3.8) is 0 Å². The maximum absolute atomic E-state index is 12.1. The van der Waals surface area contributed by atoms with E-state index in [1.807, 2.05) is 34.6 Å². The average Bonchev–Trinajstić information content (AvgIpc) is 2.37. The maximum Gasteiger partial charge on any atom is 0.225 e. The quantitative estimate of drug-likeness (QED) is 0.472. The van der Waals surface area contributed by atoms with Crippen LogP contribution >= 0.6 is 22.5 Å². The van der Waals surface area contributed by atoms with Crippen LogP contribution in [0, 0.1) is 5.41 Å². The van der Waals surface area contributed by atoms with Crippen molar-refractivity contribution in [1.82, 2.24) is 0 Å². The number of carbonyl (C=O) groups excluding carboxylic acids is 2. The molecule has 1 aromatic rings. The molecule has 0 unspecified atom stereocenters. The van der Waals surface area contributed by atoms with Gasteiger partial charge in [-0.15, -0.1) is 11.7 Å². The SMILES string of the molecule is CC(C)(CC(=O)Nc1ccc(C(=O)C(C)(C)C)cc1)SS. The Morgan fingerprint density at radius 3 is 2.05 bits per heavy atom. The largest absolute Gasteiger partial charge is 0.326 e. The summed E-state index contributed by atoms with van der Waals surface area (Å²) >= 11 is 4.16. The molecule has 0 bridgehead atoms. The molecule has 1 amide bonds. The van der Waals surface area contributed by atoms with Crippen molar-refractivity contribution >= 4 is 39.8 Å². The highest BCUT2D eigenvalue weighted by Gasteiger charge is 2.23. The van der Waals surface area contributed by atoms with Gasteiger partial charge in [0, 0.05) is 27.8 Å². The number of hydrogen-bond donors (Lipinski definition) is 2. The summed E-state index contributed by atoms with van der Waals surface area (Å²) in [6, 6.07) is 7.03. The summed E-state index contributed by atoms with van der Waals surface area (Å²) < 4.78 is -0.213. The molecule has 116 valence electrons. The summed E-state index contributed by atoms with van der Waals surface area (Å²) in [5, 5.41) is 2.84. The zero-order valence-corrected chi connectivity index (χ0v) is 14.9. The lowest BCUT2D eigenvalue weighted by molar-refractivity contribution is -0.116. The Morgan fingerprint density at radius 2 is 1.62 bits per heavy atom. The number of amides is 1. The first kappa shape index (κ1) is 18.1. The average molecular weight is 325 g/mol. The second-order valence-electron chi connectivity index (χ2n) is 6.73. The van der Waals surface area contributed by atoms with Gasteiger partial charge in [-0.05, 0) is 38.1 Å². The minimum Gasteiger partial charge on any atom is -0.326 e. The van der Waals surface area contributed by atoms with Crippen molar-refractivity contribution in [2.45, 2.75) is 45.8 Å². The first-order valence-electron chi connectivity index (χ1n) is 6.82. The zero-order valence-electron chi connectivity index (χ0n) is 13.2. The Labute approximate surface area is 136 Å². The number of thiol groups is 1. The van der Waals surface area contributed by atoms with Gasteiger partial charge in [0.15, 0.2) is 5.78 Å². The monoisotopic (exact) mass is 325 g/mol. The summed E-state index contributed by atoms with van der Waals surface area (Å²) in [6.45, 7) is 9.61. The molecule has 21 heavy (non-hydrogen) atoms. The van der Waals surface area contributed by atoms with Crippen LogP contribution in [0.15, 0.2) is 24.3 Å². The summed E-state index contributed by atoms with van der Waals surface area (Å²) in [5.74, 6) is 0.0319. The molecule has 1 N–H and O–H groups in total. The number of Topliss-reactive ketones (excluding diaryl/α,β-unsaturated/α-hetero) is 1. The van der Waals surface area contributed by atoms with Gasteiger partial charge < -0.3 is 5.32 Å². The second-order valence-corrected chi connectivity index (χ2v) is 8.57. The van der Waals surface area contributed by atoms with E-state index in [9.17, 15) is 9.59 Å². The van der Waals surface area contributed by atoms with E-state index in [0.29, 0.717) is 17.7 Å². The van der Waals surface area contributed by atoms with Crippen LogP contribution in [0.25, 0.3) is 0 Å². The third-order valence-electron chi connectivity index (χ3n) is 2.95. The van der Waals surface area contributed by atoms with Crippen LogP contribution in [-0.2, 0) is 4.79 Å². The van der Waals surface area contributed by atoms with E-state index < -0.39 is 5.41 Å². The van der Waals surface area contributed by atoms with E-state index in [-0.39, 0.29) is 16.4 Å². The summed E-state index contributed by atoms with van der Waals surface area (Å²) in [5.41, 5.74) is 0.954. The van der Waals surface area contributed by atoms with Crippen molar-refractivity contribution < 1.29 is 9.59 Å². The number of nitrogens with one attached hydrogen (secondary N) is 1. The highest BCUT2D eigenvalue weighted by Crippen LogP contribution is 2.31. The molecule has 0 heterocycles. The number of anilines is 1. The number of rotatable bonds is 5. The minimum absolute atomic E-state index is 0.0588. The fourth-order valence-corrected chi connectivity index (χ4v) is 2.15. The van der Waals surface area contributed by atoms with Crippen molar-refractivity contribution in [2.24, 2.45) is 5.41 Å². The van der Waals surface area contributed by atoms with Gasteiger partial charge in [0.2, 0.25) is 5.91 Å². The number of hydrogen-bond acceptors (Lipinski definition) is 4. The Balaban J connectivity index is 2.72.